The van der Waals surface area contributed by atoms with E-state index in [1.165, 1.54) is 0 Å². The van der Waals surface area contributed by atoms with Gasteiger partial charge in [-0.3, -0.25) is 0 Å². The topological polar surface area (TPSA) is 71.1 Å². The van der Waals surface area contributed by atoms with Crippen molar-refractivity contribution in [1.82, 2.24) is 0 Å². The van der Waals surface area contributed by atoms with Crippen molar-refractivity contribution in [3.05, 3.63) is 12.2 Å². The Morgan fingerprint density at radius 2 is 1.71 bits per heavy atom. The van der Waals surface area contributed by atoms with Crippen LogP contribution in [0.5, 0.6) is 0 Å². The van der Waals surface area contributed by atoms with Crippen molar-refractivity contribution in [3.63, 3.8) is 0 Å². The molecule has 1 saturated heterocycles. The second-order valence-electron chi connectivity index (χ2n) is 4.53. The highest BCUT2D eigenvalue weighted by Crippen LogP contribution is 2.04. The molecule has 1 rings (SSSR count). The molecule has 0 N–H and O–H groups in total. The van der Waals surface area contributed by atoms with Gasteiger partial charge in [-0.25, -0.2) is 9.59 Å². The first kappa shape index (κ1) is 18.0. The number of esters is 2. The number of carbonyl (C=O) groups is 2. The first-order valence-corrected chi connectivity index (χ1v) is 8.60. The Hall–Kier alpha value is -1.05. The van der Waals surface area contributed by atoms with E-state index in [9.17, 15) is 9.59 Å². The van der Waals surface area contributed by atoms with Crippen molar-refractivity contribution < 1.29 is 28.5 Å². The molecule has 7 heteroatoms. The van der Waals surface area contributed by atoms with Crippen molar-refractivity contribution in [2.24, 2.45) is 0 Å². The number of hydrogen-bond acceptors (Lipinski definition) is 6. The van der Waals surface area contributed by atoms with E-state index in [0.717, 1.165) is 24.7 Å². The molecule has 0 aromatic rings. The monoisotopic (exact) mass is 319 g/mol. The third kappa shape index (κ3) is 8.75. The molecule has 1 fully saturated rings. The molecule has 0 unspecified atom stereocenters. The molecule has 1 aliphatic rings. The van der Waals surface area contributed by atoms with Crippen LogP contribution in [0, 0.1) is 0 Å². The molecule has 21 heavy (non-hydrogen) atoms. The maximum atomic E-state index is 11.6. The van der Waals surface area contributed by atoms with Crippen molar-refractivity contribution in [2.75, 3.05) is 56.9 Å². The molecule has 0 saturated carbocycles. The average Bonchev–Trinajstić information content (AvgIpc) is 2.46. The zero-order valence-electron chi connectivity index (χ0n) is 12.4. The lowest BCUT2D eigenvalue weighted by Crippen LogP contribution is -2.32. The second-order valence-corrected chi connectivity index (χ2v) is 6.86. The molecule has 0 aliphatic carbocycles. The molecule has 6 nitrogen and oxygen atoms in total. The molecule has 120 valence electrons. The molecular formula is C14H23O6S+. The van der Waals surface area contributed by atoms with Crippen LogP contribution in [-0.4, -0.2) is 68.8 Å². The maximum Gasteiger partial charge on any atom is 0.356 e. The molecule has 0 amide bonds. The van der Waals surface area contributed by atoms with Gasteiger partial charge in [-0.15, -0.1) is 0 Å². The zero-order chi connectivity index (χ0) is 15.5. The quantitative estimate of drug-likeness (QED) is 0.264. The predicted molar refractivity (Wildman–Crippen MR) is 80.3 cm³/mol. The molecular weight excluding hydrogens is 296 g/mol. The van der Waals surface area contributed by atoms with E-state index < -0.39 is 5.97 Å². The highest BCUT2D eigenvalue weighted by molar-refractivity contribution is 7.97. The van der Waals surface area contributed by atoms with Crippen LogP contribution in [-0.2, 0) is 39.4 Å². The Kier molecular flexibility index (Phi) is 9.12. The van der Waals surface area contributed by atoms with Gasteiger partial charge in [-0.1, -0.05) is 6.58 Å². The van der Waals surface area contributed by atoms with Gasteiger partial charge in [0, 0.05) is 16.5 Å². The first-order chi connectivity index (χ1) is 10.1. The maximum absolute atomic E-state index is 11.6. The third-order valence-corrected chi connectivity index (χ3v) is 4.79. The minimum Gasteiger partial charge on any atom is -0.460 e. The SMILES string of the molecule is C=C(C)C(=O)OCCOCCOC(=O)C[S+]1CCOCC1. The summed E-state index contributed by atoms with van der Waals surface area (Å²) < 4.78 is 20.4. The van der Waals surface area contributed by atoms with Gasteiger partial charge in [0.15, 0.2) is 0 Å². The fourth-order valence-electron chi connectivity index (χ4n) is 1.54. The van der Waals surface area contributed by atoms with Crippen LogP contribution in [0.3, 0.4) is 0 Å². The summed E-state index contributed by atoms with van der Waals surface area (Å²) in [4.78, 5) is 22.6. The van der Waals surface area contributed by atoms with Gasteiger partial charge < -0.3 is 18.9 Å². The van der Waals surface area contributed by atoms with Crippen molar-refractivity contribution in [2.45, 2.75) is 6.92 Å². The van der Waals surface area contributed by atoms with E-state index in [4.69, 9.17) is 18.9 Å². The van der Waals surface area contributed by atoms with E-state index in [1.807, 2.05) is 0 Å². The van der Waals surface area contributed by atoms with E-state index >= 15 is 0 Å². The van der Waals surface area contributed by atoms with Crippen LogP contribution < -0.4 is 0 Å². The Morgan fingerprint density at radius 3 is 2.33 bits per heavy atom. The van der Waals surface area contributed by atoms with Gasteiger partial charge in [0.1, 0.15) is 24.7 Å². The van der Waals surface area contributed by atoms with Crippen LogP contribution in [0.15, 0.2) is 12.2 Å². The van der Waals surface area contributed by atoms with Gasteiger partial charge in [-0.05, 0) is 6.92 Å². The highest BCUT2D eigenvalue weighted by atomic mass is 32.2. The molecule has 0 atom stereocenters. The summed E-state index contributed by atoms with van der Waals surface area (Å²) in [5.74, 6) is 1.75. The Morgan fingerprint density at radius 1 is 1.10 bits per heavy atom. The predicted octanol–water partition coefficient (Wildman–Crippen LogP) is 0.314. The summed E-state index contributed by atoms with van der Waals surface area (Å²) in [6.07, 6.45) is 0. The normalized spacial score (nSPS) is 15.5. The summed E-state index contributed by atoms with van der Waals surface area (Å²) >= 11 is 0. The van der Waals surface area contributed by atoms with E-state index in [2.05, 4.69) is 6.58 Å². The Labute approximate surface area is 128 Å². The van der Waals surface area contributed by atoms with Crippen LogP contribution in [0.2, 0.25) is 0 Å². The highest BCUT2D eigenvalue weighted by Gasteiger charge is 2.26. The number of carbonyl (C=O) groups excluding carboxylic acids is 2. The molecule has 1 aliphatic heterocycles. The van der Waals surface area contributed by atoms with Gasteiger partial charge in [-0.2, -0.15) is 0 Å². The fraction of sp³-hybridized carbons (Fsp3) is 0.714. The summed E-state index contributed by atoms with van der Waals surface area (Å²) in [7, 11) is 0.0991. The molecule has 0 aromatic heterocycles. The number of rotatable bonds is 9. The van der Waals surface area contributed by atoms with Gasteiger partial charge in [0.2, 0.25) is 5.75 Å². The summed E-state index contributed by atoms with van der Waals surface area (Å²) in [5, 5.41) is 0. The van der Waals surface area contributed by atoms with Crippen LogP contribution in [0.1, 0.15) is 6.92 Å². The van der Waals surface area contributed by atoms with Crippen molar-refractivity contribution in [1.29, 1.82) is 0 Å². The van der Waals surface area contributed by atoms with Crippen molar-refractivity contribution in [3.8, 4) is 0 Å². The standard InChI is InChI=1S/C14H23O6S/c1-12(2)14(16)20-6-4-17-3-5-19-13(15)11-21-9-7-18-8-10-21/h1,3-11H2,2H3/q+1. The fourth-order valence-corrected chi connectivity index (χ4v) is 3.16. The summed E-state index contributed by atoms with van der Waals surface area (Å²) in [6, 6.07) is 0. The second kappa shape index (κ2) is 10.6. The molecule has 0 radical (unpaired) electrons. The average molecular weight is 319 g/mol. The van der Waals surface area contributed by atoms with Gasteiger partial charge in [0.25, 0.3) is 0 Å². The van der Waals surface area contributed by atoms with Gasteiger partial charge in [0.05, 0.1) is 26.4 Å². The molecule has 0 spiro atoms. The molecule has 0 aromatic carbocycles. The first-order valence-electron chi connectivity index (χ1n) is 6.87. The minimum atomic E-state index is -0.428. The van der Waals surface area contributed by atoms with Crippen LogP contribution >= 0.6 is 0 Å². The third-order valence-electron chi connectivity index (χ3n) is 2.65. The smallest absolute Gasteiger partial charge is 0.356 e. The summed E-state index contributed by atoms with van der Waals surface area (Å²) in [5.41, 5.74) is 0.359. The van der Waals surface area contributed by atoms with E-state index in [0.29, 0.717) is 17.9 Å². The molecule has 0 bridgehead atoms. The zero-order valence-corrected chi connectivity index (χ0v) is 13.2. The van der Waals surface area contributed by atoms with Crippen LogP contribution in [0.25, 0.3) is 0 Å². The van der Waals surface area contributed by atoms with Gasteiger partial charge >= 0.3 is 11.9 Å². The number of hydrogen-bond donors (Lipinski definition) is 0. The Bertz CT molecular complexity index is 351. The minimum absolute atomic E-state index is 0.0991. The van der Waals surface area contributed by atoms with E-state index in [-0.39, 0.29) is 36.7 Å². The number of ether oxygens (including phenoxy) is 4. The summed E-state index contributed by atoms with van der Waals surface area (Å²) in [6.45, 7) is 7.50. The van der Waals surface area contributed by atoms with E-state index in [1.54, 1.807) is 6.92 Å². The van der Waals surface area contributed by atoms with Crippen molar-refractivity contribution >= 4 is 22.8 Å². The van der Waals surface area contributed by atoms with Crippen LogP contribution in [0.4, 0.5) is 0 Å². The Balaban J connectivity index is 1.92. The largest absolute Gasteiger partial charge is 0.460 e. The lowest BCUT2D eigenvalue weighted by atomic mass is 10.4. The molecule has 1 heterocycles. The lowest BCUT2D eigenvalue weighted by molar-refractivity contribution is -0.142. The lowest BCUT2D eigenvalue weighted by Gasteiger charge is -2.13.